The maximum atomic E-state index is 12.4. The molecule has 0 aliphatic carbocycles. The minimum Gasteiger partial charge on any atom is -0.364 e. The SMILES string of the molecule is O=Cc1scc2c1NC(=O)C(C(F)(F)F)N2. The molecule has 86 valence electrons. The first-order chi connectivity index (χ1) is 7.43. The van der Waals surface area contributed by atoms with E-state index in [9.17, 15) is 22.8 Å². The molecule has 0 spiro atoms. The lowest BCUT2D eigenvalue weighted by Crippen LogP contribution is -2.48. The van der Waals surface area contributed by atoms with Crippen LogP contribution in [0.25, 0.3) is 0 Å². The lowest BCUT2D eigenvalue weighted by atomic mass is 10.2. The number of nitrogens with one attached hydrogen (secondary N) is 2. The van der Waals surface area contributed by atoms with Gasteiger partial charge >= 0.3 is 6.18 Å². The monoisotopic (exact) mass is 250 g/mol. The highest BCUT2D eigenvalue weighted by molar-refractivity contribution is 7.13. The van der Waals surface area contributed by atoms with Gasteiger partial charge in [0.25, 0.3) is 5.91 Å². The quantitative estimate of drug-likeness (QED) is 0.748. The summed E-state index contributed by atoms with van der Waals surface area (Å²) in [6.07, 6.45) is -4.18. The van der Waals surface area contributed by atoms with Gasteiger partial charge in [0.1, 0.15) is 0 Å². The molecule has 1 unspecified atom stereocenters. The molecule has 0 aromatic carbocycles. The average molecular weight is 250 g/mol. The molecule has 0 fully saturated rings. The molecule has 4 nitrogen and oxygen atoms in total. The summed E-state index contributed by atoms with van der Waals surface area (Å²) in [6.45, 7) is 0. The van der Waals surface area contributed by atoms with Gasteiger partial charge in [-0.1, -0.05) is 0 Å². The third-order valence-corrected chi connectivity index (χ3v) is 2.97. The Balaban J connectivity index is 2.37. The molecule has 0 bridgehead atoms. The highest BCUT2D eigenvalue weighted by Crippen LogP contribution is 2.38. The summed E-state index contributed by atoms with van der Waals surface area (Å²) in [6, 6.07) is -2.27. The first-order valence-corrected chi connectivity index (χ1v) is 5.02. The molecule has 2 N–H and O–H groups in total. The Kier molecular flexibility index (Phi) is 2.38. The number of hydrogen-bond acceptors (Lipinski definition) is 4. The van der Waals surface area contributed by atoms with E-state index in [1.165, 1.54) is 5.38 Å². The van der Waals surface area contributed by atoms with E-state index >= 15 is 0 Å². The van der Waals surface area contributed by atoms with Gasteiger partial charge in [-0.25, -0.2) is 0 Å². The van der Waals surface area contributed by atoms with Crippen molar-refractivity contribution in [3.63, 3.8) is 0 Å². The van der Waals surface area contributed by atoms with Gasteiger partial charge < -0.3 is 10.6 Å². The average Bonchev–Trinajstić information content (AvgIpc) is 2.57. The number of carbonyl (C=O) groups excluding carboxylic acids is 2. The third kappa shape index (κ3) is 1.64. The van der Waals surface area contributed by atoms with E-state index in [2.05, 4.69) is 10.6 Å². The molecule has 1 aromatic rings. The van der Waals surface area contributed by atoms with Crippen LogP contribution in [-0.4, -0.2) is 24.4 Å². The van der Waals surface area contributed by atoms with Crippen LogP contribution in [0.3, 0.4) is 0 Å². The summed E-state index contributed by atoms with van der Waals surface area (Å²) < 4.78 is 37.2. The van der Waals surface area contributed by atoms with Crippen molar-refractivity contribution in [1.29, 1.82) is 0 Å². The number of alkyl halides is 3. The molecule has 0 saturated carbocycles. The fourth-order valence-corrected chi connectivity index (χ4v) is 2.11. The van der Waals surface area contributed by atoms with Crippen LogP contribution in [0.15, 0.2) is 5.38 Å². The fraction of sp³-hybridized carbons (Fsp3) is 0.250. The van der Waals surface area contributed by atoms with Crippen LogP contribution >= 0.6 is 11.3 Å². The van der Waals surface area contributed by atoms with Crippen LogP contribution in [0, 0.1) is 0 Å². The number of halogens is 3. The van der Waals surface area contributed by atoms with Gasteiger partial charge in [-0.15, -0.1) is 11.3 Å². The normalized spacial score (nSPS) is 19.7. The van der Waals surface area contributed by atoms with Crippen LogP contribution in [0.4, 0.5) is 24.5 Å². The Bertz CT molecular complexity index is 455. The molecule has 8 heteroatoms. The van der Waals surface area contributed by atoms with Crippen molar-refractivity contribution in [3.05, 3.63) is 10.3 Å². The maximum absolute atomic E-state index is 12.4. The van der Waals surface area contributed by atoms with Crippen LogP contribution in [0.2, 0.25) is 0 Å². The van der Waals surface area contributed by atoms with Crippen molar-refractivity contribution < 1.29 is 22.8 Å². The van der Waals surface area contributed by atoms with Gasteiger partial charge in [-0.2, -0.15) is 13.2 Å². The molecule has 1 aliphatic rings. The molecule has 1 amide bonds. The molecule has 1 atom stereocenters. The van der Waals surface area contributed by atoms with E-state index in [1.807, 2.05) is 0 Å². The maximum Gasteiger partial charge on any atom is 0.417 e. The van der Waals surface area contributed by atoms with E-state index < -0.39 is 18.1 Å². The molecule has 0 saturated heterocycles. The van der Waals surface area contributed by atoms with E-state index in [1.54, 1.807) is 0 Å². The molecule has 1 aliphatic heterocycles. The predicted molar refractivity (Wildman–Crippen MR) is 51.8 cm³/mol. The summed E-state index contributed by atoms with van der Waals surface area (Å²) >= 11 is 0.967. The van der Waals surface area contributed by atoms with Crippen molar-refractivity contribution in [2.24, 2.45) is 0 Å². The minimum atomic E-state index is -4.66. The summed E-state index contributed by atoms with van der Waals surface area (Å²) in [5.74, 6) is -1.21. The zero-order valence-electron chi connectivity index (χ0n) is 7.59. The lowest BCUT2D eigenvalue weighted by Gasteiger charge is -2.26. The third-order valence-electron chi connectivity index (χ3n) is 2.06. The van der Waals surface area contributed by atoms with Crippen LogP contribution in [0.5, 0.6) is 0 Å². The second-order valence-electron chi connectivity index (χ2n) is 3.11. The second-order valence-corrected chi connectivity index (χ2v) is 4.03. The van der Waals surface area contributed by atoms with E-state index in [0.29, 0.717) is 6.29 Å². The van der Waals surface area contributed by atoms with Gasteiger partial charge in [-0.3, -0.25) is 9.59 Å². The largest absolute Gasteiger partial charge is 0.417 e. The highest BCUT2D eigenvalue weighted by Gasteiger charge is 2.47. The number of carbonyl (C=O) groups is 2. The Hall–Kier alpha value is -1.57. The fourth-order valence-electron chi connectivity index (χ4n) is 1.34. The zero-order valence-corrected chi connectivity index (χ0v) is 8.41. The van der Waals surface area contributed by atoms with Gasteiger partial charge in [0.2, 0.25) is 6.04 Å². The van der Waals surface area contributed by atoms with Crippen LogP contribution < -0.4 is 10.6 Å². The van der Waals surface area contributed by atoms with E-state index in [0.717, 1.165) is 11.3 Å². The van der Waals surface area contributed by atoms with Crippen molar-refractivity contribution in [2.75, 3.05) is 10.6 Å². The van der Waals surface area contributed by atoms with Crippen LogP contribution in [-0.2, 0) is 4.79 Å². The Labute approximate surface area is 91.4 Å². The van der Waals surface area contributed by atoms with Crippen molar-refractivity contribution >= 4 is 34.9 Å². The smallest absolute Gasteiger partial charge is 0.364 e. The number of amides is 1. The number of aldehydes is 1. The Morgan fingerprint density at radius 1 is 1.44 bits per heavy atom. The first kappa shape index (κ1) is 10.9. The number of fused-ring (bicyclic) bond motifs is 1. The molecular weight excluding hydrogens is 245 g/mol. The lowest BCUT2D eigenvalue weighted by molar-refractivity contribution is -0.156. The van der Waals surface area contributed by atoms with Crippen molar-refractivity contribution in [2.45, 2.75) is 12.2 Å². The summed E-state index contributed by atoms with van der Waals surface area (Å²) in [5, 5.41) is 5.49. The topological polar surface area (TPSA) is 58.2 Å². The summed E-state index contributed by atoms with van der Waals surface area (Å²) in [4.78, 5) is 21.9. The van der Waals surface area contributed by atoms with Crippen molar-refractivity contribution in [3.8, 4) is 0 Å². The van der Waals surface area contributed by atoms with E-state index in [4.69, 9.17) is 0 Å². The number of thiophene rings is 1. The molecule has 2 heterocycles. The Morgan fingerprint density at radius 3 is 2.69 bits per heavy atom. The van der Waals surface area contributed by atoms with E-state index in [-0.39, 0.29) is 16.3 Å². The molecular formula is C8H5F3N2O2S. The Morgan fingerprint density at radius 2 is 2.12 bits per heavy atom. The molecule has 1 aromatic heterocycles. The summed E-state index contributed by atoms with van der Waals surface area (Å²) in [5.41, 5.74) is 0.236. The predicted octanol–water partition coefficient (Wildman–Crippen LogP) is 1.86. The number of anilines is 2. The van der Waals surface area contributed by atoms with Gasteiger partial charge in [-0.05, 0) is 0 Å². The van der Waals surface area contributed by atoms with Crippen molar-refractivity contribution in [1.82, 2.24) is 0 Å². The molecule has 2 rings (SSSR count). The minimum absolute atomic E-state index is 0.116. The molecule has 0 radical (unpaired) electrons. The highest BCUT2D eigenvalue weighted by atomic mass is 32.1. The zero-order chi connectivity index (χ0) is 11.9. The molecule has 16 heavy (non-hydrogen) atoms. The standard InChI is InChI=1S/C8H5F3N2O2S/c9-8(10,11)6-7(15)13-5-3(12-6)2-16-4(5)1-14/h1-2,6,12H,(H,13,15). The second kappa shape index (κ2) is 3.48. The summed E-state index contributed by atoms with van der Waals surface area (Å²) in [7, 11) is 0. The van der Waals surface area contributed by atoms with Crippen LogP contribution in [0.1, 0.15) is 9.67 Å². The van der Waals surface area contributed by atoms with Gasteiger partial charge in [0.15, 0.2) is 6.29 Å². The number of hydrogen-bond donors (Lipinski definition) is 2. The first-order valence-electron chi connectivity index (χ1n) is 4.14. The number of rotatable bonds is 1. The van der Waals surface area contributed by atoms with Gasteiger partial charge in [0.05, 0.1) is 16.3 Å². The van der Waals surface area contributed by atoms with Gasteiger partial charge in [0, 0.05) is 5.38 Å².